The van der Waals surface area contributed by atoms with E-state index in [1.807, 2.05) is 38.1 Å². The van der Waals surface area contributed by atoms with Crippen LogP contribution < -0.4 is 9.46 Å². The maximum absolute atomic E-state index is 12.8. The molecule has 23 heavy (non-hydrogen) atoms. The zero-order valence-corrected chi connectivity index (χ0v) is 15.0. The highest BCUT2D eigenvalue weighted by Gasteiger charge is 2.23. The summed E-state index contributed by atoms with van der Waals surface area (Å²) in [5, 5.41) is 0. The third-order valence-corrected chi connectivity index (χ3v) is 5.69. The maximum atomic E-state index is 12.8. The van der Waals surface area contributed by atoms with Crippen molar-refractivity contribution in [3.63, 3.8) is 0 Å². The molecule has 0 aliphatic rings. The van der Waals surface area contributed by atoms with Gasteiger partial charge < -0.3 is 4.74 Å². The molecule has 0 aliphatic carbocycles. The Kier molecular flexibility index (Phi) is 5.12. The lowest BCUT2D eigenvalue weighted by atomic mass is 10.1. The molecule has 0 saturated heterocycles. The molecule has 2 rings (SSSR count). The van der Waals surface area contributed by atoms with E-state index in [2.05, 4.69) is 4.72 Å². The van der Waals surface area contributed by atoms with Crippen LogP contribution in [0.2, 0.25) is 0 Å². The van der Waals surface area contributed by atoms with Crippen molar-refractivity contribution in [3.05, 3.63) is 58.7 Å². The van der Waals surface area contributed by atoms with Gasteiger partial charge in [0.2, 0.25) is 10.0 Å². The molecule has 5 heteroatoms. The predicted molar refractivity (Wildman–Crippen MR) is 92.4 cm³/mol. The summed E-state index contributed by atoms with van der Waals surface area (Å²) in [7, 11) is -2.04. The molecule has 0 unspecified atom stereocenters. The summed E-state index contributed by atoms with van der Waals surface area (Å²) >= 11 is 0. The van der Waals surface area contributed by atoms with Crippen LogP contribution in [0.25, 0.3) is 0 Å². The molecular formula is C18H23NO3S. The van der Waals surface area contributed by atoms with Crippen LogP contribution in [0.1, 0.15) is 35.2 Å². The van der Waals surface area contributed by atoms with Gasteiger partial charge in [-0.25, -0.2) is 13.1 Å². The molecule has 0 saturated carbocycles. The normalized spacial score (nSPS) is 12.9. The van der Waals surface area contributed by atoms with Gasteiger partial charge in [-0.05, 0) is 56.5 Å². The fourth-order valence-corrected chi connectivity index (χ4v) is 4.35. The summed E-state index contributed by atoms with van der Waals surface area (Å²) in [5.41, 5.74) is 3.42. The zero-order chi connectivity index (χ0) is 17.2. The van der Waals surface area contributed by atoms with Gasteiger partial charge in [0, 0.05) is 6.04 Å². The minimum Gasteiger partial charge on any atom is -0.497 e. The highest BCUT2D eigenvalue weighted by atomic mass is 32.2. The van der Waals surface area contributed by atoms with Crippen molar-refractivity contribution in [1.29, 1.82) is 0 Å². The van der Waals surface area contributed by atoms with E-state index in [1.165, 1.54) is 0 Å². The van der Waals surface area contributed by atoms with Crippen LogP contribution in [0.15, 0.2) is 41.3 Å². The van der Waals surface area contributed by atoms with Crippen LogP contribution >= 0.6 is 0 Å². The molecule has 0 radical (unpaired) electrons. The average Bonchev–Trinajstić information content (AvgIpc) is 2.46. The van der Waals surface area contributed by atoms with Crippen molar-refractivity contribution < 1.29 is 13.2 Å². The van der Waals surface area contributed by atoms with Crippen LogP contribution in [0.3, 0.4) is 0 Å². The van der Waals surface area contributed by atoms with Crippen molar-refractivity contribution in [2.45, 2.75) is 38.6 Å². The zero-order valence-electron chi connectivity index (χ0n) is 14.2. The van der Waals surface area contributed by atoms with E-state index in [1.54, 1.807) is 33.1 Å². The van der Waals surface area contributed by atoms with Gasteiger partial charge in [-0.15, -0.1) is 0 Å². The topological polar surface area (TPSA) is 55.4 Å². The van der Waals surface area contributed by atoms with Crippen molar-refractivity contribution >= 4 is 10.0 Å². The Morgan fingerprint density at radius 2 is 1.52 bits per heavy atom. The third-order valence-electron chi connectivity index (χ3n) is 3.85. The molecule has 0 aliphatic heterocycles. The number of aryl methyl sites for hydroxylation is 3. The predicted octanol–water partition coefficient (Wildman–Crippen LogP) is 3.66. The highest BCUT2D eigenvalue weighted by molar-refractivity contribution is 7.89. The first-order valence-electron chi connectivity index (χ1n) is 7.48. The van der Waals surface area contributed by atoms with Gasteiger partial charge in [0.1, 0.15) is 5.75 Å². The third kappa shape index (κ3) is 3.92. The molecule has 0 aromatic heterocycles. The lowest BCUT2D eigenvalue weighted by Crippen LogP contribution is -2.28. The van der Waals surface area contributed by atoms with Crippen LogP contribution in [-0.4, -0.2) is 15.5 Å². The Bertz CT molecular complexity index is 773. The lowest BCUT2D eigenvalue weighted by Gasteiger charge is -2.18. The number of methoxy groups -OCH3 is 1. The highest BCUT2D eigenvalue weighted by Crippen LogP contribution is 2.27. The van der Waals surface area contributed by atoms with Crippen molar-refractivity contribution in [2.24, 2.45) is 0 Å². The molecule has 0 fully saturated rings. The number of hydrogen-bond acceptors (Lipinski definition) is 3. The largest absolute Gasteiger partial charge is 0.497 e. The van der Waals surface area contributed by atoms with Gasteiger partial charge in [-0.2, -0.15) is 0 Å². The number of rotatable bonds is 5. The molecule has 2 aromatic rings. The molecule has 0 bridgehead atoms. The molecule has 1 N–H and O–H groups in total. The van der Waals surface area contributed by atoms with Gasteiger partial charge in [0.05, 0.1) is 12.0 Å². The first kappa shape index (κ1) is 17.5. The van der Waals surface area contributed by atoms with Crippen LogP contribution in [-0.2, 0) is 10.0 Å². The van der Waals surface area contributed by atoms with Crippen LogP contribution in [0, 0.1) is 20.8 Å². The minimum absolute atomic E-state index is 0.304. The monoisotopic (exact) mass is 333 g/mol. The molecule has 4 nitrogen and oxygen atoms in total. The Morgan fingerprint density at radius 1 is 1.00 bits per heavy atom. The first-order chi connectivity index (χ1) is 10.7. The van der Waals surface area contributed by atoms with E-state index in [0.29, 0.717) is 21.8 Å². The quantitative estimate of drug-likeness (QED) is 0.908. The standard InChI is InChI=1S/C18H23NO3S/c1-12-6-8-16(9-7-12)15(4)19-23(20,21)18-13(2)10-17(22-5)11-14(18)3/h6-11,15,19H,1-5H3/t15-/m1/s1. The van der Waals surface area contributed by atoms with E-state index in [0.717, 1.165) is 11.1 Å². The van der Waals surface area contributed by atoms with Gasteiger partial charge >= 0.3 is 0 Å². The summed E-state index contributed by atoms with van der Waals surface area (Å²) in [6.07, 6.45) is 0. The van der Waals surface area contributed by atoms with Crippen molar-refractivity contribution in [2.75, 3.05) is 7.11 Å². The molecule has 1 atom stereocenters. The number of sulfonamides is 1. The van der Waals surface area contributed by atoms with E-state index in [9.17, 15) is 8.42 Å². The Labute approximate surface area is 138 Å². The summed E-state index contributed by atoms with van der Waals surface area (Å²) in [5.74, 6) is 0.658. The number of benzene rings is 2. The van der Waals surface area contributed by atoms with Gasteiger partial charge in [0.25, 0.3) is 0 Å². The summed E-state index contributed by atoms with van der Waals surface area (Å²) < 4.78 is 33.5. The maximum Gasteiger partial charge on any atom is 0.241 e. The second-order valence-electron chi connectivity index (χ2n) is 5.84. The average molecular weight is 333 g/mol. The summed E-state index contributed by atoms with van der Waals surface area (Å²) in [4.78, 5) is 0.317. The van der Waals surface area contributed by atoms with Crippen molar-refractivity contribution in [3.8, 4) is 5.75 Å². The second-order valence-corrected chi connectivity index (χ2v) is 7.49. The SMILES string of the molecule is COc1cc(C)c(S(=O)(=O)N[C@H](C)c2ccc(C)cc2)c(C)c1. The first-order valence-corrected chi connectivity index (χ1v) is 8.97. The van der Waals surface area contributed by atoms with E-state index in [4.69, 9.17) is 4.74 Å². The second kappa shape index (κ2) is 6.72. The fourth-order valence-electron chi connectivity index (χ4n) is 2.67. The Hall–Kier alpha value is -1.85. The number of ether oxygens (including phenoxy) is 1. The Morgan fingerprint density at radius 3 is 2.00 bits per heavy atom. The molecular weight excluding hydrogens is 310 g/mol. The van der Waals surface area contributed by atoms with Gasteiger partial charge in [-0.1, -0.05) is 29.8 Å². The Balaban J connectivity index is 2.34. The van der Waals surface area contributed by atoms with Crippen LogP contribution in [0.4, 0.5) is 0 Å². The number of hydrogen-bond donors (Lipinski definition) is 1. The molecule has 0 heterocycles. The summed E-state index contributed by atoms with van der Waals surface area (Å²) in [6, 6.07) is 11.0. The van der Waals surface area contributed by atoms with E-state index < -0.39 is 10.0 Å². The van der Waals surface area contributed by atoms with Gasteiger partial charge in [-0.3, -0.25) is 0 Å². The molecule has 2 aromatic carbocycles. The number of nitrogens with one attached hydrogen (secondary N) is 1. The molecule has 0 amide bonds. The minimum atomic E-state index is -3.61. The van der Waals surface area contributed by atoms with Gasteiger partial charge in [0.15, 0.2) is 0 Å². The molecule has 0 spiro atoms. The lowest BCUT2D eigenvalue weighted by molar-refractivity contribution is 0.413. The van der Waals surface area contributed by atoms with E-state index >= 15 is 0 Å². The summed E-state index contributed by atoms with van der Waals surface area (Å²) in [6.45, 7) is 7.40. The van der Waals surface area contributed by atoms with Crippen LogP contribution in [0.5, 0.6) is 5.75 Å². The van der Waals surface area contributed by atoms with E-state index in [-0.39, 0.29) is 6.04 Å². The fraction of sp³-hybridized carbons (Fsp3) is 0.333. The smallest absolute Gasteiger partial charge is 0.241 e. The van der Waals surface area contributed by atoms with Crippen molar-refractivity contribution in [1.82, 2.24) is 4.72 Å². The molecule has 124 valence electrons.